The molecule has 0 spiro atoms. The summed E-state index contributed by atoms with van der Waals surface area (Å²) >= 11 is 0. The van der Waals surface area contributed by atoms with Gasteiger partial charge in [-0.15, -0.1) is 0 Å². The van der Waals surface area contributed by atoms with Crippen LogP contribution in [-0.2, 0) is 0 Å². The average molecular weight is 701 g/mol. The Morgan fingerprint density at radius 1 is 0.364 bits per heavy atom. The summed E-state index contributed by atoms with van der Waals surface area (Å²) in [4.78, 5) is 14.4. The number of hydrogen-bond donors (Lipinski definition) is 0. The molecule has 11 rings (SSSR count). The van der Waals surface area contributed by atoms with Crippen molar-refractivity contribution >= 4 is 54.1 Å². The molecule has 256 valence electrons. The van der Waals surface area contributed by atoms with Crippen molar-refractivity contribution in [3.63, 3.8) is 0 Å². The Hall–Kier alpha value is -7.43. The molecule has 0 saturated heterocycles. The van der Waals surface area contributed by atoms with Crippen LogP contribution in [0.4, 0.5) is 0 Å². The first kappa shape index (κ1) is 31.1. The molecule has 0 atom stereocenters. The molecule has 0 bridgehead atoms. The van der Waals surface area contributed by atoms with Gasteiger partial charge in [-0.05, 0) is 74.5 Å². The molecule has 0 aliphatic carbocycles. The van der Waals surface area contributed by atoms with E-state index in [2.05, 4.69) is 161 Å². The zero-order chi connectivity index (χ0) is 36.3. The monoisotopic (exact) mass is 700 g/mol. The van der Waals surface area contributed by atoms with Crippen LogP contribution in [0, 0.1) is 0 Å². The third-order valence-electron chi connectivity index (χ3n) is 10.9. The van der Waals surface area contributed by atoms with Crippen molar-refractivity contribution in [3.05, 3.63) is 194 Å². The molecule has 3 heterocycles. The van der Waals surface area contributed by atoms with E-state index in [1.807, 2.05) is 42.7 Å². The molecule has 0 aliphatic heterocycles. The number of aromatic nitrogens is 4. The van der Waals surface area contributed by atoms with Crippen molar-refractivity contribution in [1.82, 2.24) is 19.5 Å². The third-order valence-corrected chi connectivity index (χ3v) is 10.9. The van der Waals surface area contributed by atoms with Crippen LogP contribution >= 0.6 is 0 Å². The highest BCUT2D eigenvalue weighted by atomic mass is 15.0. The van der Waals surface area contributed by atoms with Gasteiger partial charge in [-0.25, -0.2) is 9.97 Å². The maximum Gasteiger partial charge on any atom is 0.160 e. The lowest BCUT2D eigenvalue weighted by Gasteiger charge is -2.14. The zero-order valence-corrected chi connectivity index (χ0v) is 29.8. The van der Waals surface area contributed by atoms with Gasteiger partial charge in [0.2, 0.25) is 0 Å². The van der Waals surface area contributed by atoms with E-state index in [1.54, 1.807) is 0 Å². The Morgan fingerprint density at radius 2 is 0.927 bits per heavy atom. The number of fused-ring (bicyclic) bond motifs is 10. The quantitative estimate of drug-likeness (QED) is 0.168. The topological polar surface area (TPSA) is 43.6 Å². The van der Waals surface area contributed by atoms with E-state index in [9.17, 15) is 0 Å². The van der Waals surface area contributed by atoms with Crippen molar-refractivity contribution in [1.29, 1.82) is 0 Å². The van der Waals surface area contributed by atoms with Gasteiger partial charge in [0.15, 0.2) is 5.82 Å². The Kier molecular flexibility index (Phi) is 7.14. The molecule has 0 unspecified atom stereocenters. The van der Waals surface area contributed by atoms with E-state index in [0.717, 1.165) is 44.9 Å². The Bertz CT molecular complexity index is 3220. The van der Waals surface area contributed by atoms with Crippen molar-refractivity contribution in [2.24, 2.45) is 0 Å². The van der Waals surface area contributed by atoms with Gasteiger partial charge < -0.3 is 4.57 Å². The second-order valence-electron chi connectivity index (χ2n) is 14.0. The number of nitrogens with zero attached hydrogens (tertiary/aromatic N) is 4. The van der Waals surface area contributed by atoms with Crippen molar-refractivity contribution in [2.45, 2.75) is 0 Å². The molecule has 55 heavy (non-hydrogen) atoms. The normalized spacial score (nSPS) is 11.6. The molecule has 0 N–H and O–H groups in total. The highest BCUT2D eigenvalue weighted by Gasteiger charge is 2.20. The lowest BCUT2D eigenvalue weighted by atomic mass is 9.93. The van der Waals surface area contributed by atoms with E-state index >= 15 is 0 Å². The highest BCUT2D eigenvalue weighted by Crippen LogP contribution is 2.44. The van der Waals surface area contributed by atoms with Crippen LogP contribution in [0.2, 0.25) is 0 Å². The van der Waals surface area contributed by atoms with Gasteiger partial charge >= 0.3 is 0 Å². The molecule has 0 fully saturated rings. The van der Waals surface area contributed by atoms with Gasteiger partial charge in [0.1, 0.15) is 0 Å². The minimum atomic E-state index is 0.698. The van der Waals surface area contributed by atoms with Gasteiger partial charge in [0.25, 0.3) is 0 Å². The third kappa shape index (κ3) is 5.11. The van der Waals surface area contributed by atoms with Crippen LogP contribution in [0.15, 0.2) is 194 Å². The first-order valence-electron chi connectivity index (χ1n) is 18.6. The van der Waals surface area contributed by atoms with Gasteiger partial charge in [0, 0.05) is 50.9 Å². The van der Waals surface area contributed by atoms with Crippen molar-refractivity contribution in [2.75, 3.05) is 0 Å². The Balaban J connectivity index is 1.09. The smallest absolute Gasteiger partial charge is 0.160 e. The Morgan fingerprint density at radius 3 is 1.65 bits per heavy atom. The molecule has 0 aliphatic rings. The standard InChI is InChI=1S/C51H32N4/c1-2-11-38(12-3-1)51-53-45(36-20-18-33(19-21-36)34-28-30-52-31-29-34)32-46(54-51)37-22-25-39(26-23-37)55-47-17-9-8-16-43(47)49-42-15-7-6-14-41(42)48-40-13-5-4-10-35(40)24-27-44(48)50(49)55/h1-32H. The predicted octanol–water partition coefficient (Wildman–Crippen LogP) is 13.1. The second-order valence-corrected chi connectivity index (χ2v) is 14.0. The molecular formula is C51H32N4. The summed E-state index contributed by atoms with van der Waals surface area (Å²) in [6, 6.07) is 64.8. The summed E-state index contributed by atoms with van der Waals surface area (Å²) in [5.74, 6) is 0.698. The van der Waals surface area contributed by atoms with Crippen LogP contribution in [0.5, 0.6) is 0 Å². The fourth-order valence-corrected chi connectivity index (χ4v) is 8.33. The lowest BCUT2D eigenvalue weighted by Crippen LogP contribution is -1.97. The summed E-state index contributed by atoms with van der Waals surface area (Å²) in [5.41, 5.74) is 10.6. The van der Waals surface area contributed by atoms with Crippen LogP contribution in [0.25, 0.3) is 105 Å². The number of benzene rings is 8. The van der Waals surface area contributed by atoms with E-state index < -0.39 is 0 Å². The maximum absolute atomic E-state index is 5.14. The molecule has 4 nitrogen and oxygen atoms in total. The lowest BCUT2D eigenvalue weighted by molar-refractivity contribution is 1.17. The highest BCUT2D eigenvalue weighted by molar-refractivity contribution is 6.36. The average Bonchev–Trinajstić information content (AvgIpc) is 3.62. The van der Waals surface area contributed by atoms with Gasteiger partial charge in [-0.2, -0.15) is 0 Å². The number of pyridine rings is 1. The van der Waals surface area contributed by atoms with Crippen LogP contribution in [-0.4, -0.2) is 19.5 Å². The molecule has 0 saturated carbocycles. The summed E-state index contributed by atoms with van der Waals surface area (Å²) in [6.45, 7) is 0. The van der Waals surface area contributed by atoms with E-state index in [0.29, 0.717) is 5.82 Å². The second kappa shape index (κ2) is 12.6. The van der Waals surface area contributed by atoms with E-state index in [-0.39, 0.29) is 0 Å². The zero-order valence-electron chi connectivity index (χ0n) is 29.8. The largest absolute Gasteiger partial charge is 0.309 e. The summed E-state index contributed by atoms with van der Waals surface area (Å²) < 4.78 is 2.45. The van der Waals surface area contributed by atoms with Crippen molar-refractivity contribution < 1.29 is 0 Å². The predicted molar refractivity (Wildman–Crippen MR) is 228 cm³/mol. The van der Waals surface area contributed by atoms with E-state index in [4.69, 9.17) is 9.97 Å². The molecular weight excluding hydrogens is 669 g/mol. The Labute approximate surface area is 317 Å². The minimum absolute atomic E-state index is 0.698. The number of hydrogen-bond acceptors (Lipinski definition) is 3. The molecule has 3 aromatic heterocycles. The van der Waals surface area contributed by atoms with E-state index in [1.165, 1.54) is 54.1 Å². The maximum atomic E-state index is 5.14. The molecule has 4 heteroatoms. The summed E-state index contributed by atoms with van der Waals surface area (Å²) in [6.07, 6.45) is 3.65. The first-order chi connectivity index (χ1) is 27.3. The van der Waals surface area contributed by atoms with Crippen LogP contribution in [0.3, 0.4) is 0 Å². The minimum Gasteiger partial charge on any atom is -0.309 e. The summed E-state index contributed by atoms with van der Waals surface area (Å²) in [5, 5.41) is 10.1. The molecule has 0 amide bonds. The molecule has 8 aromatic carbocycles. The van der Waals surface area contributed by atoms with Crippen LogP contribution in [0.1, 0.15) is 0 Å². The van der Waals surface area contributed by atoms with Crippen LogP contribution < -0.4 is 0 Å². The van der Waals surface area contributed by atoms with Gasteiger partial charge in [-0.1, -0.05) is 146 Å². The van der Waals surface area contributed by atoms with Crippen molar-refractivity contribution in [3.8, 4) is 50.7 Å². The SMILES string of the molecule is c1ccc(-c2nc(-c3ccc(-c4ccncc4)cc3)cc(-c3ccc(-n4c5ccccc5c5c6ccccc6c6c7ccccc7ccc6c54)cc3)n2)cc1. The molecule has 0 radical (unpaired) electrons. The first-order valence-corrected chi connectivity index (χ1v) is 18.6. The summed E-state index contributed by atoms with van der Waals surface area (Å²) in [7, 11) is 0. The fourth-order valence-electron chi connectivity index (χ4n) is 8.33. The fraction of sp³-hybridized carbons (Fsp3) is 0. The number of rotatable bonds is 5. The van der Waals surface area contributed by atoms with Gasteiger partial charge in [0.05, 0.1) is 22.4 Å². The van der Waals surface area contributed by atoms with Gasteiger partial charge in [-0.3, -0.25) is 4.98 Å². The number of para-hydroxylation sites is 1. The molecule has 11 aromatic rings.